The topological polar surface area (TPSA) is 98.1 Å². The van der Waals surface area contributed by atoms with Gasteiger partial charge in [-0.2, -0.15) is 0 Å². The Hall–Kier alpha value is -2.52. The number of thiophene rings is 1. The summed E-state index contributed by atoms with van der Waals surface area (Å²) < 4.78 is 24.6. The first-order chi connectivity index (χ1) is 11.7. The van der Waals surface area contributed by atoms with Gasteiger partial charge in [0.05, 0.1) is 21.5 Å². The number of carbonyl (C=O) groups excluding carboxylic acids is 1. The quantitative estimate of drug-likeness (QED) is 0.752. The van der Waals surface area contributed by atoms with Gasteiger partial charge in [0.2, 0.25) is 0 Å². The van der Waals surface area contributed by atoms with E-state index in [0.717, 1.165) is 17.6 Å². The zero-order valence-electron chi connectivity index (χ0n) is 13.7. The normalized spacial score (nSPS) is 11.6. The lowest BCUT2D eigenvalue weighted by Crippen LogP contribution is -2.17. The van der Waals surface area contributed by atoms with Gasteiger partial charge < -0.3 is 9.88 Å². The highest BCUT2D eigenvalue weighted by molar-refractivity contribution is 7.90. The molecule has 1 aromatic carbocycles. The minimum atomic E-state index is -3.37. The van der Waals surface area contributed by atoms with Crippen LogP contribution in [0.4, 0.5) is 5.69 Å². The van der Waals surface area contributed by atoms with Crippen LogP contribution in [0.2, 0.25) is 0 Å². The van der Waals surface area contributed by atoms with E-state index in [1.54, 1.807) is 26.1 Å². The second-order valence-corrected chi connectivity index (χ2v) is 8.67. The third-order valence-corrected chi connectivity index (χ3v) is 6.05. The summed E-state index contributed by atoms with van der Waals surface area (Å²) in [6, 6.07) is 6.02. The zero-order valence-corrected chi connectivity index (χ0v) is 15.4. The summed E-state index contributed by atoms with van der Waals surface area (Å²) in [5, 5.41) is 3.10. The molecule has 0 fully saturated rings. The number of aryl methyl sites for hydroxylation is 2. The number of nitrogens with zero attached hydrogens (tertiary/aromatic N) is 2. The van der Waals surface area contributed by atoms with Gasteiger partial charge >= 0.3 is 0 Å². The lowest BCUT2D eigenvalue weighted by atomic mass is 10.2. The number of nitrogens with one attached hydrogen (secondary N) is 1. The molecule has 1 amide bonds. The Morgan fingerprint density at radius 2 is 2.04 bits per heavy atom. The van der Waals surface area contributed by atoms with Crippen molar-refractivity contribution in [3.63, 3.8) is 0 Å². The van der Waals surface area contributed by atoms with Gasteiger partial charge in [0, 0.05) is 19.0 Å². The molecule has 0 radical (unpaired) electrons. The largest absolute Gasteiger partial charge is 0.321 e. The Morgan fingerprint density at radius 1 is 1.32 bits per heavy atom. The van der Waals surface area contributed by atoms with E-state index >= 15 is 0 Å². The van der Waals surface area contributed by atoms with E-state index in [4.69, 9.17) is 0 Å². The Morgan fingerprint density at radius 3 is 2.72 bits per heavy atom. The molecule has 0 bridgehead atoms. The summed E-state index contributed by atoms with van der Waals surface area (Å²) in [7, 11) is -1.77. The molecule has 0 atom stereocenters. The van der Waals surface area contributed by atoms with Crippen molar-refractivity contribution in [1.82, 2.24) is 9.55 Å². The van der Waals surface area contributed by atoms with Crippen LogP contribution >= 0.6 is 11.3 Å². The van der Waals surface area contributed by atoms with Crippen molar-refractivity contribution in [3.05, 3.63) is 51.4 Å². The van der Waals surface area contributed by atoms with Crippen LogP contribution < -0.4 is 10.9 Å². The van der Waals surface area contributed by atoms with Crippen molar-refractivity contribution in [2.75, 3.05) is 11.6 Å². The van der Waals surface area contributed by atoms with Crippen LogP contribution in [0.1, 0.15) is 15.2 Å². The van der Waals surface area contributed by atoms with Gasteiger partial charge in [0.1, 0.15) is 4.83 Å². The molecule has 25 heavy (non-hydrogen) atoms. The third-order valence-electron chi connectivity index (χ3n) is 3.74. The maximum Gasteiger partial charge on any atom is 0.266 e. The standard InChI is InChI=1S/C16H15N3O4S2/c1-9-12-15(17-8-19(2)16(12)21)24-13(9)14(20)18-10-5-4-6-11(7-10)25(3,22)23/h4-8H,1-3H3,(H,18,20). The molecule has 0 aliphatic rings. The van der Waals surface area contributed by atoms with E-state index < -0.39 is 15.7 Å². The number of amides is 1. The minimum Gasteiger partial charge on any atom is -0.321 e. The summed E-state index contributed by atoms with van der Waals surface area (Å²) in [5.41, 5.74) is 0.716. The SMILES string of the molecule is Cc1c(C(=O)Nc2cccc(S(C)(=O)=O)c2)sc2ncn(C)c(=O)c12. The lowest BCUT2D eigenvalue weighted by molar-refractivity contribution is 0.103. The van der Waals surface area contributed by atoms with Crippen LogP contribution in [0, 0.1) is 6.92 Å². The van der Waals surface area contributed by atoms with Crippen molar-refractivity contribution in [2.45, 2.75) is 11.8 Å². The Balaban J connectivity index is 2.00. The van der Waals surface area contributed by atoms with E-state index in [-0.39, 0.29) is 10.5 Å². The van der Waals surface area contributed by atoms with Crippen LogP contribution in [0.5, 0.6) is 0 Å². The van der Waals surface area contributed by atoms with E-state index in [1.165, 1.54) is 23.0 Å². The Kier molecular flexibility index (Phi) is 4.21. The number of anilines is 1. The third kappa shape index (κ3) is 3.20. The summed E-state index contributed by atoms with van der Waals surface area (Å²) in [4.78, 5) is 30.0. The first kappa shape index (κ1) is 17.3. The molecule has 130 valence electrons. The summed E-state index contributed by atoms with van der Waals surface area (Å²) in [5.74, 6) is -0.409. The van der Waals surface area contributed by atoms with Crippen LogP contribution in [0.15, 0.2) is 40.3 Å². The molecule has 2 aromatic heterocycles. The molecule has 9 heteroatoms. The van der Waals surface area contributed by atoms with Gasteiger partial charge in [-0.25, -0.2) is 13.4 Å². The van der Waals surface area contributed by atoms with E-state index in [1.807, 2.05) is 0 Å². The smallest absolute Gasteiger partial charge is 0.266 e. The predicted molar refractivity (Wildman–Crippen MR) is 97.1 cm³/mol. The molecule has 0 saturated carbocycles. The highest BCUT2D eigenvalue weighted by Crippen LogP contribution is 2.27. The highest BCUT2D eigenvalue weighted by atomic mass is 32.2. The number of sulfone groups is 1. The number of carbonyl (C=O) groups is 1. The van der Waals surface area contributed by atoms with Crippen LogP contribution in [0.3, 0.4) is 0 Å². The fraction of sp³-hybridized carbons (Fsp3) is 0.188. The van der Waals surface area contributed by atoms with Gasteiger partial charge in [0.25, 0.3) is 11.5 Å². The molecule has 3 rings (SSSR count). The highest BCUT2D eigenvalue weighted by Gasteiger charge is 2.19. The van der Waals surface area contributed by atoms with Crippen molar-refractivity contribution in [3.8, 4) is 0 Å². The molecule has 7 nitrogen and oxygen atoms in total. The van der Waals surface area contributed by atoms with Crippen molar-refractivity contribution in [1.29, 1.82) is 0 Å². The van der Waals surface area contributed by atoms with E-state index in [9.17, 15) is 18.0 Å². The zero-order chi connectivity index (χ0) is 18.4. The van der Waals surface area contributed by atoms with Gasteiger partial charge in [-0.15, -0.1) is 11.3 Å². The second-order valence-electron chi connectivity index (χ2n) is 5.65. The van der Waals surface area contributed by atoms with Gasteiger partial charge in [-0.3, -0.25) is 9.59 Å². The summed E-state index contributed by atoms with van der Waals surface area (Å²) in [6.45, 7) is 1.70. The Labute approximate surface area is 147 Å². The molecule has 2 heterocycles. The first-order valence-corrected chi connectivity index (χ1v) is 9.95. The molecular formula is C16H15N3O4S2. The number of hydrogen-bond acceptors (Lipinski definition) is 6. The second kappa shape index (κ2) is 6.08. The molecule has 0 aliphatic heterocycles. The van der Waals surface area contributed by atoms with E-state index in [2.05, 4.69) is 10.3 Å². The van der Waals surface area contributed by atoms with Crippen LogP contribution in [-0.2, 0) is 16.9 Å². The molecule has 0 aliphatic carbocycles. The summed E-state index contributed by atoms with van der Waals surface area (Å²) in [6.07, 6.45) is 2.52. The van der Waals surface area contributed by atoms with Gasteiger partial charge in [-0.05, 0) is 30.7 Å². The molecule has 0 unspecified atom stereocenters. The number of aromatic nitrogens is 2. The molecule has 1 N–H and O–H groups in total. The number of benzene rings is 1. The lowest BCUT2D eigenvalue weighted by Gasteiger charge is -2.06. The molecule has 0 saturated heterocycles. The van der Waals surface area contributed by atoms with Crippen LogP contribution in [-0.4, -0.2) is 30.1 Å². The predicted octanol–water partition coefficient (Wildman–Crippen LogP) is 1.96. The van der Waals surface area contributed by atoms with Crippen molar-refractivity contribution < 1.29 is 13.2 Å². The average Bonchev–Trinajstić information content (AvgIpc) is 2.88. The average molecular weight is 377 g/mol. The first-order valence-electron chi connectivity index (χ1n) is 7.24. The molecular weight excluding hydrogens is 362 g/mol. The fourth-order valence-electron chi connectivity index (χ4n) is 2.42. The van der Waals surface area contributed by atoms with Crippen LogP contribution in [0.25, 0.3) is 10.2 Å². The minimum absolute atomic E-state index is 0.119. The van der Waals surface area contributed by atoms with Crippen molar-refractivity contribution >= 4 is 43.0 Å². The molecule has 0 spiro atoms. The maximum absolute atomic E-state index is 12.6. The number of rotatable bonds is 3. The van der Waals surface area contributed by atoms with E-state index in [0.29, 0.717) is 26.3 Å². The summed E-state index contributed by atoms with van der Waals surface area (Å²) >= 11 is 1.13. The fourth-order valence-corrected chi connectivity index (χ4v) is 4.12. The van der Waals surface area contributed by atoms with Gasteiger partial charge in [-0.1, -0.05) is 6.07 Å². The van der Waals surface area contributed by atoms with Crippen molar-refractivity contribution in [2.24, 2.45) is 7.05 Å². The molecule has 3 aromatic rings. The number of hydrogen-bond donors (Lipinski definition) is 1. The Bertz CT molecular complexity index is 1160. The van der Waals surface area contributed by atoms with Gasteiger partial charge in [0.15, 0.2) is 9.84 Å². The maximum atomic E-state index is 12.6. The monoisotopic (exact) mass is 377 g/mol. The number of fused-ring (bicyclic) bond motifs is 1.